The number of hydrogen-bond donors (Lipinski definition) is 2. The van der Waals surface area contributed by atoms with Crippen LogP contribution in [-0.2, 0) is 0 Å². The SMILES string of the molecule is C[C@@H](Nc1ncc2c(-c3ccc4ncc(C(F)F)n4n3)c[nH]c2n1)C1CC1. The van der Waals surface area contributed by atoms with E-state index in [1.807, 2.05) is 0 Å². The maximum atomic E-state index is 13.1. The number of halogens is 2. The lowest BCUT2D eigenvalue weighted by molar-refractivity contribution is 0.143. The molecule has 0 spiro atoms. The molecule has 27 heavy (non-hydrogen) atoms. The minimum Gasteiger partial charge on any atom is -0.351 e. The maximum Gasteiger partial charge on any atom is 0.282 e. The van der Waals surface area contributed by atoms with Crippen LogP contribution in [0.3, 0.4) is 0 Å². The molecule has 0 radical (unpaired) electrons. The van der Waals surface area contributed by atoms with Crippen LogP contribution in [0.4, 0.5) is 14.7 Å². The topological polar surface area (TPSA) is 83.8 Å². The molecule has 1 atom stereocenters. The number of hydrogen-bond acceptors (Lipinski definition) is 5. The van der Waals surface area contributed by atoms with Crippen LogP contribution in [0, 0.1) is 5.92 Å². The summed E-state index contributed by atoms with van der Waals surface area (Å²) in [5.41, 5.74) is 2.12. The normalized spacial score (nSPS) is 15.7. The Hall–Kier alpha value is -3.10. The van der Waals surface area contributed by atoms with Crippen LogP contribution in [0.5, 0.6) is 0 Å². The van der Waals surface area contributed by atoms with Gasteiger partial charge in [0.25, 0.3) is 6.43 Å². The van der Waals surface area contributed by atoms with Gasteiger partial charge in [-0.25, -0.2) is 23.3 Å². The van der Waals surface area contributed by atoms with Crippen molar-refractivity contribution in [3.05, 3.63) is 36.4 Å². The van der Waals surface area contributed by atoms with Crippen molar-refractivity contribution >= 4 is 22.6 Å². The second kappa shape index (κ2) is 5.97. The third-order valence-corrected chi connectivity index (χ3v) is 5.01. The smallest absolute Gasteiger partial charge is 0.282 e. The zero-order valence-electron chi connectivity index (χ0n) is 14.5. The standard InChI is InChI=1S/C18H17F2N7/c1-9(10-2-3-10)24-18-23-7-12-11(6-22-17(12)25-18)13-4-5-15-21-8-14(16(19)20)27(15)26-13/h4-10,16H,2-3H2,1H3,(H2,22,23,24,25)/t9-/m1/s1. The Labute approximate surface area is 152 Å². The third kappa shape index (κ3) is 2.79. The van der Waals surface area contributed by atoms with Crippen LogP contribution in [-0.4, -0.2) is 35.6 Å². The summed E-state index contributed by atoms with van der Waals surface area (Å²) in [5, 5.41) is 8.45. The summed E-state index contributed by atoms with van der Waals surface area (Å²) in [4.78, 5) is 16.0. The van der Waals surface area contributed by atoms with Gasteiger partial charge in [0.05, 0.1) is 11.9 Å². The Morgan fingerprint density at radius 1 is 1.22 bits per heavy atom. The van der Waals surface area contributed by atoms with E-state index in [0.29, 0.717) is 34.9 Å². The highest BCUT2D eigenvalue weighted by molar-refractivity contribution is 5.92. The summed E-state index contributed by atoms with van der Waals surface area (Å²) >= 11 is 0. The molecule has 0 amide bonds. The summed E-state index contributed by atoms with van der Waals surface area (Å²) in [7, 11) is 0. The first-order valence-corrected chi connectivity index (χ1v) is 8.84. The van der Waals surface area contributed by atoms with Crippen molar-refractivity contribution in [1.29, 1.82) is 0 Å². The van der Waals surface area contributed by atoms with Crippen LogP contribution in [0.1, 0.15) is 31.9 Å². The molecule has 4 aromatic rings. The number of rotatable bonds is 5. The molecule has 0 unspecified atom stereocenters. The first-order valence-electron chi connectivity index (χ1n) is 8.84. The minimum atomic E-state index is -2.64. The van der Waals surface area contributed by atoms with Gasteiger partial charge in [-0.2, -0.15) is 10.1 Å². The van der Waals surface area contributed by atoms with Gasteiger partial charge in [0.2, 0.25) is 5.95 Å². The molecule has 0 aromatic carbocycles. The molecule has 1 saturated carbocycles. The Morgan fingerprint density at radius 2 is 2.07 bits per heavy atom. The van der Waals surface area contributed by atoms with E-state index >= 15 is 0 Å². The number of imidazole rings is 1. The van der Waals surface area contributed by atoms with E-state index in [4.69, 9.17) is 0 Å². The fraction of sp³-hybridized carbons (Fsp3) is 0.333. The fourth-order valence-electron chi connectivity index (χ4n) is 3.29. The van der Waals surface area contributed by atoms with Crippen molar-refractivity contribution in [2.24, 2.45) is 5.92 Å². The summed E-state index contributed by atoms with van der Waals surface area (Å²) in [5.74, 6) is 1.27. The number of nitrogens with zero attached hydrogens (tertiary/aromatic N) is 5. The van der Waals surface area contributed by atoms with Crippen LogP contribution in [0.25, 0.3) is 27.9 Å². The van der Waals surface area contributed by atoms with Crippen LogP contribution in [0.15, 0.2) is 30.7 Å². The van der Waals surface area contributed by atoms with Gasteiger partial charge in [-0.15, -0.1) is 0 Å². The molecule has 9 heteroatoms. The highest BCUT2D eigenvalue weighted by Gasteiger charge is 2.28. The Bertz CT molecular complexity index is 1130. The van der Waals surface area contributed by atoms with Crippen molar-refractivity contribution < 1.29 is 8.78 Å². The van der Waals surface area contributed by atoms with Gasteiger partial charge in [-0.3, -0.25) is 0 Å². The van der Waals surface area contributed by atoms with E-state index in [1.54, 1.807) is 24.5 Å². The summed E-state index contributed by atoms with van der Waals surface area (Å²) in [6.07, 6.45) is 4.48. The van der Waals surface area contributed by atoms with Gasteiger partial charge in [0.1, 0.15) is 11.3 Å². The second-order valence-electron chi connectivity index (χ2n) is 6.90. The van der Waals surface area contributed by atoms with E-state index in [2.05, 4.69) is 37.3 Å². The number of nitrogens with one attached hydrogen (secondary N) is 2. The molecular formula is C18H17F2N7. The number of aromatic nitrogens is 6. The molecule has 0 bridgehead atoms. The predicted molar refractivity (Wildman–Crippen MR) is 96.6 cm³/mol. The monoisotopic (exact) mass is 369 g/mol. The summed E-state index contributed by atoms with van der Waals surface area (Å²) < 4.78 is 27.4. The number of aromatic amines is 1. The first kappa shape index (κ1) is 16.1. The predicted octanol–water partition coefficient (Wildman–Crippen LogP) is 3.82. The van der Waals surface area contributed by atoms with Gasteiger partial charge in [0, 0.05) is 29.4 Å². The molecular weight excluding hydrogens is 352 g/mol. The number of fused-ring (bicyclic) bond motifs is 2. The van der Waals surface area contributed by atoms with Crippen molar-refractivity contribution in [1.82, 2.24) is 29.5 Å². The molecule has 7 nitrogen and oxygen atoms in total. The Kier molecular flexibility index (Phi) is 3.56. The van der Waals surface area contributed by atoms with Gasteiger partial charge in [-0.05, 0) is 37.8 Å². The van der Waals surface area contributed by atoms with Gasteiger partial charge < -0.3 is 10.3 Å². The molecule has 5 rings (SSSR count). The molecule has 2 N–H and O–H groups in total. The Morgan fingerprint density at radius 3 is 2.85 bits per heavy atom. The highest BCUT2D eigenvalue weighted by Crippen LogP contribution is 2.34. The van der Waals surface area contributed by atoms with Crippen molar-refractivity contribution in [3.63, 3.8) is 0 Å². The summed E-state index contributed by atoms with van der Waals surface area (Å²) in [6.45, 7) is 2.14. The molecule has 1 aliphatic carbocycles. The molecule has 1 aliphatic rings. The lowest BCUT2D eigenvalue weighted by atomic mass is 10.2. The zero-order chi connectivity index (χ0) is 18.5. The van der Waals surface area contributed by atoms with E-state index in [-0.39, 0.29) is 5.69 Å². The fourth-order valence-corrected chi connectivity index (χ4v) is 3.29. The van der Waals surface area contributed by atoms with Gasteiger partial charge >= 0.3 is 0 Å². The largest absolute Gasteiger partial charge is 0.351 e. The van der Waals surface area contributed by atoms with Crippen LogP contribution < -0.4 is 5.32 Å². The quantitative estimate of drug-likeness (QED) is 0.559. The van der Waals surface area contributed by atoms with E-state index in [0.717, 1.165) is 17.1 Å². The number of alkyl halides is 2. The average molecular weight is 369 g/mol. The van der Waals surface area contributed by atoms with E-state index in [1.165, 1.54) is 17.4 Å². The third-order valence-electron chi connectivity index (χ3n) is 5.01. The minimum absolute atomic E-state index is 0.233. The lowest BCUT2D eigenvalue weighted by Crippen LogP contribution is -2.18. The molecule has 1 fully saturated rings. The van der Waals surface area contributed by atoms with E-state index < -0.39 is 6.43 Å². The van der Waals surface area contributed by atoms with Crippen molar-refractivity contribution in [2.75, 3.05) is 5.32 Å². The zero-order valence-corrected chi connectivity index (χ0v) is 14.5. The van der Waals surface area contributed by atoms with Gasteiger partial charge in [0.15, 0.2) is 5.65 Å². The summed E-state index contributed by atoms with van der Waals surface area (Å²) in [6, 6.07) is 3.76. The first-order chi connectivity index (χ1) is 13.1. The van der Waals surface area contributed by atoms with E-state index in [9.17, 15) is 8.78 Å². The molecule has 138 valence electrons. The number of H-pyrrole nitrogens is 1. The molecule has 0 aliphatic heterocycles. The molecule has 4 aromatic heterocycles. The molecule has 4 heterocycles. The lowest BCUT2D eigenvalue weighted by Gasteiger charge is -2.12. The van der Waals surface area contributed by atoms with Gasteiger partial charge in [-0.1, -0.05) is 0 Å². The van der Waals surface area contributed by atoms with Crippen molar-refractivity contribution in [2.45, 2.75) is 32.2 Å². The van der Waals surface area contributed by atoms with Crippen LogP contribution >= 0.6 is 0 Å². The molecule has 0 saturated heterocycles. The Balaban J connectivity index is 1.52. The number of anilines is 1. The maximum absolute atomic E-state index is 13.1. The second-order valence-corrected chi connectivity index (χ2v) is 6.90. The van der Waals surface area contributed by atoms with Crippen molar-refractivity contribution in [3.8, 4) is 11.3 Å². The highest BCUT2D eigenvalue weighted by atomic mass is 19.3. The van der Waals surface area contributed by atoms with Crippen LogP contribution in [0.2, 0.25) is 0 Å². The average Bonchev–Trinajstić information content (AvgIpc) is 3.29.